The van der Waals surface area contributed by atoms with Crippen molar-refractivity contribution >= 4 is 38.6 Å². The molecular formula is C63H91BN2S. The Bertz CT molecular complexity index is 2620. The van der Waals surface area contributed by atoms with Crippen LogP contribution in [0.1, 0.15) is 211 Å². The molecule has 362 valence electrons. The van der Waals surface area contributed by atoms with E-state index in [0.717, 1.165) is 37.0 Å². The van der Waals surface area contributed by atoms with Crippen LogP contribution in [0.3, 0.4) is 0 Å². The van der Waals surface area contributed by atoms with Crippen LogP contribution >= 0.6 is 11.3 Å². The van der Waals surface area contributed by atoms with Crippen LogP contribution in [0, 0.1) is 22.7 Å². The highest BCUT2D eigenvalue weighted by Gasteiger charge is 2.44. The fraction of sp³-hybridized carbons (Fsp3) is 0.556. The number of hydrogen-bond acceptors (Lipinski definition) is 3. The fourth-order valence-electron chi connectivity index (χ4n) is 10.8. The molecule has 6 rings (SSSR count). The van der Waals surface area contributed by atoms with Crippen molar-refractivity contribution in [2.45, 2.75) is 193 Å². The Labute approximate surface area is 422 Å². The highest BCUT2D eigenvalue weighted by atomic mass is 32.1. The first-order valence-corrected chi connectivity index (χ1v) is 27.0. The minimum absolute atomic E-state index is 0.0412. The molecule has 67 heavy (non-hydrogen) atoms. The van der Waals surface area contributed by atoms with Crippen LogP contribution < -0.4 is 10.4 Å². The average molecular weight is 924 g/mol. The van der Waals surface area contributed by atoms with Gasteiger partial charge in [0.1, 0.15) is 0 Å². The Balaban J connectivity index is 1.76. The van der Waals surface area contributed by atoms with E-state index in [1.54, 1.807) is 0 Å². The largest absolute Gasteiger partial charge is 0.342 e. The first-order chi connectivity index (χ1) is 34.1. The summed E-state index contributed by atoms with van der Waals surface area (Å²) >= 11 is 1.98. The minimum Gasteiger partial charge on any atom is -0.342 e. The Morgan fingerprint density at radius 1 is 1.00 bits per heavy atom. The summed E-state index contributed by atoms with van der Waals surface area (Å²) in [5.74, 6) is 1.98. The van der Waals surface area contributed by atoms with Crippen LogP contribution in [-0.2, 0) is 0 Å². The number of thiophene rings is 1. The fourth-order valence-corrected chi connectivity index (χ4v) is 12.1. The van der Waals surface area contributed by atoms with Gasteiger partial charge >= 0.3 is 0 Å². The molecule has 2 aliphatic heterocycles. The van der Waals surface area contributed by atoms with Crippen LogP contribution in [0.2, 0.25) is 0 Å². The summed E-state index contributed by atoms with van der Waals surface area (Å²) in [4.78, 5) is 5.18. The normalized spacial score (nSPS) is 25.4. The van der Waals surface area contributed by atoms with E-state index in [1.165, 1.54) is 110 Å². The van der Waals surface area contributed by atoms with E-state index in [0.29, 0.717) is 42.3 Å². The van der Waals surface area contributed by atoms with Gasteiger partial charge in [-0.15, -0.1) is 11.3 Å². The number of rotatable bonds is 15. The predicted octanol–water partition coefficient (Wildman–Crippen LogP) is 18.6. The van der Waals surface area contributed by atoms with Crippen LogP contribution in [0.15, 0.2) is 129 Å². The number of nitrogens with zero attached hydrogens (tertiary/aromatic N) is 2. The molecule has 0 radical (unpaired) electrons. The Morgan fingerprint density at radius 2 is 1.72 bits per heavy atom. The van der Waals surface area contributed by atoms with Gasteiger partial charge in [-0.1, -0.05) is 167 Å². The Morgan fingerprint density at radius 3 is 2.39 bits per heavy atom. The summed E-state index contributed by atoms with van der Waals surface area (Å²) in [5.41, 5.74) is 14.7. The molecule has 0 bridgehead atoms. The summed E-state index contributed by atoms with van der Waals surface area (Å²) in [7, 11) is 0. The SMILES string of the molecule is [2H]C\C([2H])=C([2H])/C([2H])=C(C[2H])/C(C)=C/C1=C2CN(C3=C/CC(C)(C)CCC(C)(C)C/C=C\3)c3sc4cc5c(cc4c3B2C(/C=C\CC(C)CCCC)=C(C)N1C/C(C)=C\C(=C/CC)C(C)C)C(C)CCC5C. The molecular weight excluding hydrogens is 828 g/mol. The molecule has 3 unspecified atom stereocenters. The number of anilines is 1. The van der Waals surface area contributed by atoms with E-state index >= 15 is 0 Å². The zero-order chi connectivity index (χ0) is 52.8. The van der Waals surface area contributed by atoms with Crippen molar-refractivity contribution in [2.24, 2.45) is 22.7 Å². The van der Waals surface area contributed by atoms with E-state index in [9.17, 15) is 1.37 Å². The molecule has 0 fully saturated rings. The van der Waals surface area contributed by atoms with Crippen LogP contribution in [0.4, 0.5) is 5.00 Å². The van der Waals surface area contributed by atoms with Crippen molar-refractivity contribution in [1.29, 1.82) is 0 Å². The van der Waals surface area contributed by atoms with Gasteiger partial charge in [0.05, 0.1) is 9.11 Å². The Kier molecular flexibility index (Phi) is 15.5. The number of allylic oxidation sites excluding steroid dienone is 16. The lowest BCUT2D eigenvalue weighted by atomic mass is 9.32. The molecule has 2 aliphatic carbocycles. The van der Waals surface area contributed by atoms with Gasteiger partial charge in [-0.2, -0.15) is 0 Å². The van der Waals surface area contributed by atoms with Gasteiger partial charge in [0.2, 0.25) is 6.71 Å². The topological polar surface area (TPSA) is 6.48 Å². The van der Waals surface area contributed by atoms with Crippen molar-refractivity contribution in [2.75, 3.05) is 18.0 Å². The number of fused-ring (bicyclic) bond motifs is 6. The smallest absolute Gasteiger partial charge is 0.248 e. The summed E-state index contributed by atoms with van der Waals surface area (Å²) < 4.78 is 44.4. The molecule has 0 saturated heterocycles. The highest BCUT2D eigenvalue weighted by molar-refractivity contribution is 7.25. The maximum atomic E-state index is 9.20. The summed E-state index contributed by atoms with van der Waals surface area (Å²) in [6, 6.07) is 4.55. The lowest BCUT2D eigenvalue weighted by Gasteiger charge is -2.44. The molecule has 3 atom stereocenters. The standard InChI is InChI=1S/C63H91BN2S/c1-17-20-25-44(6)26-22-29-56-50(12)65(41-45(7)37-51(24-19-3)43(4)5)58(38-49(11)46(8)27-21-18-2)57-42-66(52-28-23-33-62(13,14)35-36-63(15,16)34-32-52)61-60(64(56)57)55-39-53-47(9)30-31-48(10)54(53)40-59(55)67-61/h18,21-24,27-29,32,37-40,43-44,47-48H,17,19-20,25-26,30-31,33-36,41-42H2,1-16H3/b21-18-,28-23-,29-22-,45-37-,46-27+,49-38+,51-24+,52-32+/i2D,8D,18D,21D,27D. The predicted molar refractivity (Wildman–Crippen MR) is 302 cm³/mol. The van der Waals surface area contributed by atoms with Crippen molar-refractivity contribution in [1.82, 2.24) is 4.90 Å². The van der Waals surface area contributed by atoms with Gasteiger partial charge < -0.3 is 9.80 Å². The first kappa shape index (κ1) is 45.7. The maximum absolute atomic E-state index is 9.20. The molecule has 0 saturated carbocycles. The zero-order valence-electron chi connectivity index (χ0n) is 49.6. The second kappa shape index (κ2) is 22.8. The molecule has 2 aromatic rings. The van der Waals surface area contributed by atoms with Gasteiger partial charge in [0.25, 0.3) is 0 Å². The van der Waals surface area contributed by atoms with E-state index < -0.39 is 0 Å². The quantitative estimate of drug-likeness (QED) is 0.130. The lowest BCUT2D eigenvalue weighted by molar-refractivity contribution is 0.241. The molecule has 0 spiro atoms. The molecule has 4 heteroatoms. The van der Waals surface area contributed by atoms with Gasteiger partial charge in [-0.3, -0.25) is 0 Å². The third-order valence-electron chi connectivity index (χ3n) is 15.5. The summed E-state index contributed by atoms with van der Waals surface area (Å²) in [5, 5.41) is 2.70. The van der Waals surface area contributed by atoms with Crippen molar-refractivity contribution in [3.63, 3.8) is 0 Å². The lowest BCUT2D eigenvalue weighted by Crippen LogP contribution is -2.51. The molecule has 1 aromatic heterocycles. The Hall–Kier alpha value is -3.76. The van der Waals surface area contributed by atoms with Crippen LogP contribution in [-0.4, -0.2) is 24.7 Å². The first-order valence-electron chi connectivity index (χ1n) is 29.1. The van der Waals surface area contributed by atoms with E-state index in [4.69, 9.17) is 5.48 Å². The van der Waals surface area contributed by atoms with Gasteiger partial charge in [-0.25, -0.2) is 0 Å². The van der Waals surface area contributed by atoms with E-state index in [-0.39, 0.29) is 49.5 Å². The minimum atomic E-state index is -0.374. The molecule has 3 heterocycles. The van der Waals surface area contributed by atoms with Gasteiger partial charge in [0.15, 0.2) is 0 Å². The van der Waals surface area contributed by atoms with Gasteiger partial charge in [-0.05, 0) is 183 Å². The highest BCUT2D eigenvalue weighted by Crippen LogP contribution is 2.48. The zero-order valence-corrected chi connectivity index (χ0v) is 45.4. The van der Waals surface area contributed by atoms with Crippen LogP contribution in [0.5, 0.6) is 0 Å². The van der Waals surface area contributed by atoms with Crippen molar-refractivity contribution in [3.05, 3.63) is 140 Å². The molecule has 2 nitrogen and oxygen atoms in total. The van der Waals surface area contributed by atoms with E-state index in [1.807, 2.05) is 18.3 Å². The second-order valence-electron chi connectivity index (χ2n) is 22.9. The second-order valence-corrected chi connectivity index (χ2v) is 23.9. The van der Waals surface area contributed by atoms with Crippen molar-refractivity contribution in [3.8, 4) is 0 Å². The molecule has 4 aliphatic rings. The van der Waals surface area contributed by atoms with Crippen LogP contribution in [0.25, 0.3) is 10.1 Å². The summed E-state index contributed by atoms with van der Waals surface area (Å²) in [6.07, 6.45) is 31.7. The number of hydrogen-bond donors (Lipinski definition) is 0. The van der Waals surface area contributed by atoms with E-state index in [2.05, 4.69) is 161 Å². The number of benzene rings is 1. The molecule has 1 aromatic carbocycles. The maximum Gasteiger partial charge on any atom is 0.248 e. The third-order valence-corrected chi connectivity index (χ3v) is 16.7. The molecule has 0 N–H and O–H groups in total. The number of unbranched alkanes of at least 4 members (excludes halogenated alkanes) is 1. The van der Waals surface area contributed by atoms with Crippen molar-refractivity contribution < 1.29 is 6.85 Å². The monoisotopic (exact) mass is 924 g/mol. The molecule has 0 amide bonds. The average Bonchev–Trinajstić information content (AvgIpc) is 3.71. The third kappa shape index (κ3) is 12.5. The van der Waals surface area contributed by atoms with Gasteiger partial charge in [0, 0.05) is 37.6 Å². The summed E-state index contributed by atoms with van der Waals surface area (Å²) in [6.45, 7) is 33.3.